The molecular formula is C20H19N3O3. The molecule has 0 aliphatic heterocycles. The third-order valence-corrected chi connectivity index (χ3v) is 3.90. The van der Waals surface area contributed by atoms with Crippen LogP contribution in [0.5, 0.6) is 5.75 Å². The van der Waals surface area contributed by atoms with Crippen molar-refractivity contribution in [1.29, 1.82) is 0 Å². The Bertz CT molecular complexity index is 935. The molecule has 6 nitrogen and oxygen atoms in total. The summed E-state index contributed by atoms with van der Waals surface area (Å²) in [4.78, 5) is 24.1. The molecule has 3 aromatic rings. The molecule has 1 N–H and O–H groups in total. The highest BCUT2D eigenvalue weighted by molar-refractivity contribution is 5.94. The van der Waals surface area contributed by atoms with Gasteiger partial charge in [-0.3, -0.25) is 9.59 Å². The molecule has 0 aliphatic carbocycles. The van der Waals surface area contributed by atoms with Crippen molar-refractivity contribution < 1.29 is 9.53 Å². The van der Waals surface area contributed by atoms with Crippen LogP contribution < -0.4 is 15.6 Å². The van der Waals surface area contributed by atoms with Gasteiger partial charge in [-0.1, -0.05) is 18.2 Å². The van der Waals surface area contributed by atoms with Crippen molar-refractivity contribution in [2.75, 3.05) is 13.7 Å². The molecule has 132 valence electrons. The van der Waals surface area contributed by atoms with Crippen molar-refractivity contribution >= 4 is 5.91 Å². The topological polar surface area (TPSA) is 73.2 Å². The second-order valence-electron chi connectivity index (χ2n) is 5.63. The number of nitrogens with zero attached hydrogens (tertiary/aromatic N) is 2. The standard InChI is InChI=1S/C20H19N3O3/c1-26-17-9-7-15(8-10-17)18-11-12-19(24)23(22-18)14-13-21-20(25)16-5-3-2-4-6-16/h2-12H,13-14H2,1H3,(H,21,25). The third kappa shape index (κ3) is 4.16. The first-order valence-electron chi connectivity index (χ1n) is 8.23. The van der Waals surface area contributed by atoms with Crippen LogP contribution in [0.25, 0.3) is 11.3 Å². The summed E-state index contributed by atoms with van der Waals surface area (Å²) in [6, 6.07) is 19.5. The smallest absolute Gasteiger partial charge is 0.266 e. The van der Waals surface area contributed by atoms with E-state index >= 15 is 0 Å². The van der Waals surface area contributed by atoms with Crippen LogP contribution in [0.4, 0.5) is 0 Å². The summed E-state index contributed by atoms with van der Waals surface area (Å²) < 4.78 is 6.50. The predicted octanol–water partition coefficient (Wildman–Crippen LogP) is 2.35. The van der Waals surface area contributed by atoms with Crippen molar-refractivity contribution in [3.8, 4) is 17.0 Å². The number of aromatic nitrogens is 2. The van der Waals surface area contributed by atoms with Gasteiger partial charge in [0.05, 0.1) is 19.3 Å². The van der Waals surface area contributed by atoms with Crippen LogP contribution in [0.3, 0.4) is 0 Å². The fraction of sp³-hybridized carbons (Fsp3) is 0.150. The number of nitrogens with one attached hydrogen (secondary N) is 1. The lowest BCUT2D eigenvalue weighted by molar-refractivity contribution is 0.0951. The number of amides is 1. The zero-order valence-electron chi connectivity index (χ0n) is 14.4. The number of carbonyl (C=O) groups is 1. The fourth-order valence-corrected chi connectivity index (χ4v) is 2.49. The van der Waals surface area contributed by atoms with Gasteiger partial charge < -0.3 is 10.1 Å². The summed E-state index contributed by atoms with van der Waals surface area (Å²) in [5.74, 6) is 0.579. The number of carbonyl (C=O) groups excluding carboxylic acids is 1. The Kier molecular flexibility index (Phi) is 5.43. The average Bonchev–Trinajstić information content (AvgIpc) is 2.70. The van der Waals surface area contributed by atoms with Gasteiger partial charge in [-0.2, -0.15) is 5.10 Å². The summed E-state index contributed by atoms with van der Waals surface area (Å²) in [6.07, 6.45) is 0. The quantitative estimate of drug-likeness (QED) is 0.741. The largest absolute Gasteiger partial charge is 0.497 e. The molecular weight excluding hydrogens is 330 g/mol. The molecule has 0 aliphatic rings. The SMILES string of the molecule is COc1ccc(-c2ccc(=O)n(CCNC(=O)c3ccccc3)n2)cc1. The maximum atomic E-state index is 12.0. The van der Waals surface area contributed by atoms with E-state index < -0.39 is 0 Å². The number of hydrogen-bond donors (Lipinski definition) is 1. The average molecular weight is 349 g/mol. The van der Waals surface area contributed by atoms with E-state index in [2.05, 4.69) is 10.4 Å². The van der Waals surface area contributed by atoms with Crippen molar-refractivity contribution in [2.45, 2.75) is 6.54 Å². The summed E-state index contributed by atoms with van der Waals surface area (Å²) in [6.45, 7) is 0.605. The molecule has 1 aromatic heterocycles. The van der Waals surface area contributed by atoms with Crippen LogP contribution >= 0.6 is 0 Å². The van der Waals surface area contributed by atoms with Crippen LogP contribution in [0.15, 0.2) is 71.5 Å². The molecule has 3 rings (SSSR count). The molecule has 0 unspecified atom stereocenters. The van der Waals surface area contributed by atoms with Crippen LogP contribution in [0.2, 0.25) is 0 Å². The summed E-state index contributed by atoms with van der Waals surface area (Å²) in [5, 5.41) is 7.17. The monoisotopic (exact) mass is 349 g/mol. The highest BCUT2D eigenvalue weighted by atomic mass is 16.5. The van der Waals surface area contributed by atoms with Crippen molar-refractivity contribution in [2.24, 2.45) is 0 Å². The van der Waals surface area contributed by atoms with Crippen molar-refractivity contribution in [1.82, 2.24) is 15.1 Å². The normalized spacial score (nSPS) is 10.3. The van der Waals surface area contributed by atoms with Gasteiger partial charge in [0.1, 0.15) is 5.75 Å². The highest BCUT2D eigenvalue weighted by Crippen LogP contribution is 2.19. The van der Waals surface area contributed by atoms with Crippen molar-refractivity contribution in [3.63, 3.8) is 0 Å². The van der Waals surface area contributed by atoms with Gasteiger partial charge in [-0.15, -0.1) is 0 Å². The molecule has 0 fully saturated rings. The number of methoxy groups -OCH3 is 1. The first-order valence-corrected chi connectivity index (χ1v) is 8.23. The van der Waals surface area contributed by atoms with E-state index in [0.29, 0.717) is 24.3 Å². The first kappa shape index (κ1) is 17.4. The Hall–Kier alpha value is -3.41. The summed E-state index contributed by atoms with van der Waals surface area (Å²) in [7, 11) is 1.61. The van der Waals surface area contributed by atoms with Gasteiger partial charge in [0.2, 0.25) is 0 Å². The molecule has 1 heterocycles. The summed E-state index contributed by atoms with van der Waals surface area (Å²) in [5.41, 5.74) is 1.94. The van der Waals surface area contributed by atoms with Crippen LogP contribution in [-0.2, 0) is 6.54 Å². The number of benzene rings is 2. The van der Waals surface area contributed by atoms with E-state index in [1.54, 1.807) is 37.4 Å². The zero-order chi connectivity index (χ0) is 18.4. The molecule has 0 saturated carbocycles. The molecule has 2 aromatic carbocycles. The lowest BCUT2D eigenvalue weighted by Gasteiger charge is -2.09. The first-order chi connectivity index (χ1) is 12.7. The Balaban J connectivity index is 1.68. The van der Waals surface area contributed by atoms with Gasteiger partial charge >= 0.3 is 0 Å². The van der Waals surface area contributed by atoms with Crippen LogP contribution in [0, 0.1) is 0 Å². The molecule has 0 atom stereocenters. The highest BCUT2D eigenvalue weighted by Gasteiger charge is 2.06. The van der Waals surface area contributed by atoms with Crippen molar-refractivity contribution in [3.05, 3.63) is 82.6 Å². The van der Waals surface area contributed by atoms with Crippen LogP contribution in [0.1, 0.15) is 10.4 Å². The Morgan fingerprint density at radius 2 is 1.77 bits per heavy atom. The van der Waals surface area contributed by atoms with Gasteiger partial charge in [-0.05, 0) is 42.5 Å². The minimum absolute atomic E-state index is 0.176. The van der Waals surface area contributed by atoms with Gasteiger partial charge in [0.25, 0.3) is 11.5 Å². The molecule has 6 heteroatoms. The number of ether oxygens (including phenoxy) is 1. The second-order valence-corrected chi connectivity index (χ2v) is 5.63. The third-order valence-electron chi connectivity index (χ3n) is 3.90. The van der Waals surface area contributed by atoms with Gasteiger partial charge in [0.15, 0.2) is 0 Å². The van der Waals surface area contributed by atoms with Gasteiger partial charge in [0, 0.05) is 23.7 Å². The Labute approximate surface area is 151 Å². The summed E-state index contributed by atoms with van der Waals surface area (Å²) >= 11 is 0. The second kappa shape index (κ2) is 8.11. The molecule has 0 bridgehead atoms. The number of hydrogen-bond acceptors (Lipinski definition) is 4. The van der Waals surface area contributed by atoms with E-state index in [-0.39, 0.29) is 11.5 Å². The molecule has 1 amide bonds. The minimum Gasteiger partial charge on any atom is -0.497 e. The van der Waals surface area contributed by atoms with E-state index in [0.717, 1.165) is 11.3 Å². The lowest BCUT2D eigenvalue weighted by Crippen LogP contribution is -2.31. The Morgan fingerprint density at radius 1 is 1.04 bits per heavy atom. The van der Waals surface area contributed by atoms with E-state index in [1.165, 1.54) is 10.7 Å². The maximum absolute atomic E-state index is 12.0. The van der Waals surface area contributed by atoms with E-state index in [9.17, 15) is 9.59 Å². The van der Waals surface area contributed by atoms with Gasteiger partial charge in [-0.25, -0.2) is 4.68 Å². The minimum atomic E-state index is -0.212. The molecule has 0 radical (unpaired) electrons. The van der Waals surface area contributed by atoms with E-state index in [1.807, 2.05) is 30.3 Å². The molecule has 0 spiro atoms. The zero-order valence-corrected chi connectivity index (χ0v) is 14.4. The van der Waals surface area contributed by atoms with Crippen LogP contribution in [-0.4, -0.2) is 29.3 Å². The molecule has 26 heavy (non-hydrogen) atoms. The molecule has 0 saturated heterocycles. The lowest BCUT2D eigenvalue weighted by atomic mass is 10.1. The fourth-order valence-electron chi connectivity index (χ4n) is 2.49. The number of rotatable bonds is 6. The Morgan fingerprint density at radius 3 is 2.46 bits per heavy atom. The predicted molar refractivity (Wildman–Crippen MR) is 99.3 cm³/mol. The van der Waals surface area contributed by atoms with E-state index in [4.69, 9.17) is 4.74 Å². The maximum Gasteiger partial charge on any atom is 0.266 e.